The molecule has 0 saturated carbocycles. The van der Waals surface area contributed by atoms with Crippen LogP contribution in [-0.2, 0) is 6.61 Å². The summed E-state index contributed by atoms with van der Waals surface area (Å²) in [5, 5.41) is 0.100. The summed E-state index contributed by atoms with van der Waals surface area (Å²) < 4.78 is 69.9. The molecule has 2 aromatic rings. The van der Waals surface area contributed by atoms with Gasteiger partial charge in [-0.25, -0.2) is 18.2 Å². The molecule has 0 N–H and O–H groups in total. The van der Waals surface area contributed by atoms with E-state index in [0.717, 1.165) is 0 Å². The van der Waals surface area contributed by atoms with Gasteiger partial charge in [-0.15, -0.1) is 0 Å². The molecule has 0 radical (unpaired) electrons. The predicted octanol–water partition coefficient (Wildman–Crippen LogP) is 4.01. The average Bonchev–Trinajstić information content (AvgIpc) is 2.43. The minimum absolute atomic E-state index is 0.100. The number of hydrogen-bond donors (Lipinski definition) is 0. The summed E-state index contributed by atoms with van der Waals surface area (Å²) in [5.74, 6) is -11.8. The number of benzene rings is 1. The molecule has 8 heteroatoms. The summed E-state index contributed by atoms with van der Waals surface area (Å²) in [6.07, 6.45) is 1.31. The predicted molar refractivity (Wildman–Crippen MR) is 59.8 cm³/mol. The molecule has 0 unspecified atom stereocenters. The van der Waals surface area contributed by atoms with Crippen LogP contribution in [-0.4, -0.2) is 4.98 Å². The molecule has 1 aromatic heterocycles. The summed E-state index contributed by atoms with van der Waals surface area (Å²) in [6, 6.07) is 2.74. The molecule has 0 spiro atoms. The average molecular weight is 310 g/mol. The number of hydrogen-bond acceptors (Lipinski definition) is 2. The van der Waals surface area contributed by atoms with Crippen molar-refractivity contribution in [3.63, 3.8) is 0 Å². The van der Waals surface area contributed by atoms with Crippen LogP contribution in [0.1, 0.15) is 5.56 Å². The lowest BCUT2D eigenvalue weighted by Gasteiger charge is -2.10. The monoisotopic (exact) mass is 309 g/mol. The van der Waals surface area contributed by atoms with Crippen LogP contribution in [0.5, 0.6) is 5.75 Å². The Labute approximate surface area is 114 Å². The van der Waals surface area contributed by atoms with Gasteiger partial charge in [-0.2, -0.15) is 8.78 Å². The second-order valence-electron chi connectivity index (χ2n) is 3.67. The summed E-state index contributed by atoms with van der Waals surface area (Å²) >= 11 is 5.58. The highest BCUT2D eigenvalue weighted by Crippen LogP contribution is 2.29. The largest absolute Gasteiger partial charge is 0.483 e. The highest BCUT2D eigenvalue weighted by molar-refractivity contribution is 6.29. The quantitative estimate of drug-likeness (QED) is 0.370. The first-order valence-electron chi connectivity index (χ1n) is 5.16. The van der Waals surface area contributed by atoms with E-state index >= 15 is 0 Å². The van der Waals surface area contributed by atoms with E-state index in [1.54, 1.807) is 0 Å². The first kappa shape index (κ1) is 14.5. The Morgan fingerprint density at radius 3 is 2.05 bits per heavy atom. The van der Waals surface area contributed by atoms with E-state index in [0.29, 0.717) is 5.56 Å². The standard InChI is InChI=1S/C12H5ClF5NO/c13-6-3-5(1-2-19-6)4-20-12-10(17)8(15)7(14)9(16)11(12)18/h1-3H,4H2. The van der Waals surface area contributed by atoms with Crippen LogP contribution in [0.2, 0.25) is 5.15 Å². The minimum atomic E-state index is -2.24. The van der Waals surface area contributed by atoms with Crippen molar-refractivity contribution in [3.05, 3.63) is 58.1 Å². The first-order chi connectivity index (χ1) is 9.41. The maximum absolute atomic E-state index is 13.3. The fraction of sp³-hybridized carbons (Fsp3) is 0.0833. The van der Waals surface area contributed by atoms with E-state index in [9.17, 15) is 22.0 Å². The van der Waals surface area contributed by atoms with Gasteiger partial charge in [-0.1, -0.05) is 11.6 Å². The third-order valence-electron chi connectivity index (χ3n) is 2.34. The molecule has 0 fully saturated rings. The lowest BCUT2D eigenvalue weighted by Crippen LogP contribution is -2.07. The van der Waals surface area contributed by atoms with E-state index in [1.807, 2.05) is 0 Å². The zero-order valence-corrected chi connectivity index (χ0v) is 10.3. The summed E-state index contributed by atoms with van der Waals surface area (Å²) in [6.45, 7) is -0.430. The van der Waals surface area contributed by atoms with E-state index < -0.39 is 41.4 Å². The van der Waals surface area contributed by atoms with Gasteiger partial charge in [-0.3, -0.25) is 0 Å². The van der Waals surface area contributed by atoms with Gasteiger partial charge in [0.15, 0.2) is 5.75 Å². The summed E-state index contributed by atoms with van der Waals surface area (Å²) in [7, 11) is 0. The normalized spacial score (nSPS) is 10.7. The van der Waals surface area contributed by atoms with E-state index in [4.69, 9.17) is 11.6 Å². The lowest BCUT2D eigenvalue weighted by molar-refractivity contribution is 0.253. The second-order valence-corrected chi connectivity index (χ2v) is 4.06. The van der Waals surface area contributed by atoms with Gasteiger partial charge in [0.1, 0.15) is 11.8 Å². The van der Waals surface area contributed by atoms with Crippen molar-refractivity contribution < 1.29 is 26.7 Å². The second kappa shape index (κ2) is 5.62. The van der Waals surface area contributed by atoms with Crippen LogP contribution in [0.3, 0.4) is 0 Å². The maximum Gasteiger partial charge on any atom is 0.207 e. The van der Waals surface area contributed by atoms with Crippen molar-refractivity contribution in [1.82, 2.24) is 4.98 Å². The number of nitrogens with zero attached hydrogens (tertiary/aromatic N) is 1. The third kappa shape index (κ3) is 2.67. The fourth-order valence-corrected chi connectivity index (χ4v) is 1.60. The summed E-state index contributed by atoms with van der Waals surface area (Å²) in [4.78, 5) is 3.66. The molecule has 0 aliphatic heterocycles. The Kier molecular flexibility index (Phi) is 4.08. The molecule has 1 heterocycles. The van der Waals surface area contributed by atoms with Gasteiger partial charge in [0.2, 0.25) is 29.1 Å². The van der Waals surface area contributed by atoms with Crippen LogP contribution in [0.25, 0.3) is 0 Å². The van der Waals surface area contributed by atoms with Crippen molar-refractivity contribution in [3.8, 4) is 5.75 Å². The molecule has 0 amide bonds. The molecule has 0 aliphatic carbocycles. The summed E-state index contributed by atoms with van der Waals surface area (Å²) in [5.41, 5.74) is 0.356. The SMILES string of the molecule is Fc1c(F)c(F)c(OCc2ccnc(Cl)c2)c(F)c1F. The van der Waals surface area contributed by atoms with Crippen molar-refractivity contribution in [2.45, 2.75) is 6.61 Å². The molecular formula is C12H5ClF5NO. The fourth-order valence-electron chi connectivity index (χ4n) is 1.40. The van der Waals surface area contributed by atoms with Crippen molar-refractivity contribution >= 4 is 11.6 Å². The Hall–Kier alpha value is -1.89. The molecule has 0 atom stereocenters. The molecular weight excluding hydrogens is 305 g/mol. The molecule has 0 bridgehead atoms. The number of aromatic nitrogens is 1. The van der Waals surface area contributed by atoms with Gasteiger partial charge in [0, 0.05) is 6.20 Å². The Morgan fingerprint density at radius 2 is 1.50 bits per heavy atom. The first-order valence-corrected chi connectivity index (χ1v) is 5.54. The van der Waals surface area contributed by atoms with Crippen LogP contribution in [0, 0.1) is 29.1 Å². The van der Waals surface area contributed by atoms with Gasteiger partial charge in [-0.05, 0) is 17.7 Å². The van der Waals surface area contributed by atoms with E-state index in [-0.39, 0.29) is 5.15 Å². The number of rotatable bonds is 3. The van der Waals surface area contributed by atoms with Crippen molar-refractivity contribution in [1.29, 1.82) is 0 Å². The molecule has 2 nitrogen and oxygen atoms in total. The van der Waals surface area contributed by atoms with Crippen molar-refractivity contribution in [2.24, 2.45) is 0 Å². The van der Waals surface area contributed by atoms with Gasteiger partial charge in [0.05, 0.1) is 0 Å². The number of halogens is 6. The molecule has 1 aromatic carbocycles. The Morgan fingerprint density at radius 1 is 0.950 bits per heavy atom. The zero-order valence-electron chi connectivity index (χ0n) is 9.56. The topological polar surface area (TPSA) is 22.1 Å². The number of pyridine rings is 1. The van der Waals surface area contributed by atoms with Crippen LogP contribution in [0.15, 0.2) is 18.3 Å². The molecule has 0 saturated heterocycles. The van der Waals surface area contributed by atoms with Crippen molar-refractivity contribution in [2.75, 3.05) is 0 Å². The molecule has 0 aliphatic rings. The smallest absolute Gasteiger partial charge is 0.207 e. The Balaban J connectivity index is 2.30. The van der Waals surface area contributed by atoms with Gasteiger partial charge >= 0.3 is 0 Å². The molecule has 20 heavy (non-hydrogen) atoms. The molecule has 106 valence electrons. The van der Waals surface area contributed by atoms with Crippen LogP contribution < -0.4 is 4.74 Å². The third-order valence-corrected chi connectivity index (χ3v) is 2.55. The maximum atomic E-state index is 13.3. The zero-order chi connectivity index (χ0) is 14.9. The van der Waals surface area contributed by atoms with Crippen LogP contribution in [0.4, 0.5) is 22.0 Å². The highest BCUT2D eigenvalue weighted by atomic mass is 35.5. The Bertz CT molecular complexity index is 636. The minimum Gasteiger partial charge on any atom is -0.483 e. The molecule has 2 rings (SSSR count). The van der Waals surface area contributed by atoms with Crippen LogP contribution >= 0.6 is 11.6 Å². The van der Waals surface area contributed by atoms with E-state index in [2.05, 4.69) is 9.72 Å². The highest BCUT2D eigenvalue weighted by Gasteiger charge is 2.26. The van der Waals surface area contributed by atoms with Gasteiger partial charge < -0.3 is 4.74 Å². The number of ether oxygens (including phenoxy) is 1. The van der Waals surface area contributed by atoms with E-state index in [1.165, 1.54) is 18.3 Å². The lowest BCUT2D eigenvalue weighted by atomic mass is 10.2. The van der Waals surface area contributed by atoms with Gasteiger partial charge in [0.25, 0.3) is 0 Å².